The molecule has 0 bridgehead atoms. The zero-order chi connectivity index (χ0) is 16.3. The minimum Gasteiger partial charge on any atom is -0.366 e. The van der Waals surface area contributed by atoms with E-state index in [-0.39, 0.29) is 10.7 Å². The van der Waals surface area contributed by atoms with E-state index in [2.05, 4.69) is 20.2 Å². The maximum Gasteiger partial charge on any atom is 0.263 e. The molecule has 0 saturated heterocycles. The Hall–Kier alpha value is -1.86. The van der Waals surface area contributed by atoms with Crippen molar-refractivity contribution in [2.24, 2.45) is 0 Å². The summed E-state index contributed by atoms with van der Waals surface area (Å²) in [5.41, 5.74) is 0. The Morgan fingerprint density at radius 3 is 2.39 bits per heavy atom. The van der Waals surface area contributed by atoms with Crippen molar-refractivity contribution < 1.29 is 8.42 Å². The van der Waals surface area contributed by atoms with E-state index in [9.17, 15) is 8.42 Å². The van der Waals surface area contributed by atoms with Crippen molar-refractivity contribution in [3.63, 3.8) is 0 Å². The summed E-state index contributed by atoms with van der Waals surface area (Å²) < 4.78 is 26.9. The van der Waals surface area contributed by atoms with Crippen LogP contribution in [0.4, 0.5) is 11.6 Å². The topological polar surface area (TPSA) is 84.0 Å². The third-order valence-electron chi connectivity index (χ3n) is 3.72. The van der Waals surface area contributed by atoms with Crippen molar-refractivity contribution in [2.75, 3.05) is 10.0 Å². The molecule has 0 atom stereocenters. The van der Waals surface area contributed by atoms with Crippen LogP contribution in [0.25, 0.3) is 0 Å². The first-order valence-corrected chi connectivity index (χ1v) is 9.28. The first-order valence-electron chi connectivity index (χ1n) is 7.41. The number of sulfonamides is 1. The minimum absolute atomic E-state index is 0.0833. The molecule has 3 rings (SSSR count). The van der Waals surface area contributed by atoms with E-state index in [4.69, 9.17) is 11.6 Å². The number of hydrogen-bond donors (Lipinski definition) is 2. The molecule has 1 aromatic heterocycles. The van der Waals surface area contributed by atoms with Gasteiger partial charge in [-0.3, -0.25) is 4.72 Å². The molecule has 1 aliphatic carbocycles. The van der Waals surface area contributed by atoms with Gasteiger partial charge in [-0.25, -0.2) is 8.42 Å². The van der Waals surface area contributed by atoms with E-state index in [1.807, 2.05) is 0 Å². The fourth-order valence-corrected chi connectivity index (χ4v) is 3.87. The number of anilines is 2. The first-order chi connectivity index (χ1) is 11.0. The molecule has 23 heavy (non-hydrogen) atoms. The molecule has 1 saturated carbocycles. The van der Waals surface area contributed by atoms with Crippen molar-refractivity contribution in [3.8, 4) is 0 Å². The van der Waals surface area contributed by atoms with Gasteiger partial charge in [-0.2, -0.15) is 0 Å². The number of hydrogen-bond acceptors (Lipinski definition) is 5. The highest BCUT2D eigenvalue weighted by Gasteiger charge is 2.17. The van der Waals surface area contributed by atoms with E-state index in [0.29, 0.717) is 16.9 Å². The molecule has 1 aromatic carbocycles. The third-order valence-corrected chi connectivity index (χ3v) is 5.30. The molecule has 2 N–H and O–H groups in total. The lowest BCUT2D eigenvalue weighted by molar-refractivity contribution is 0.601. The highest BCUT2D eigenvalue weighted by molar-refractivity contribution is 7.92. The van der Waals surface area contributed by atoms with Crippen LogP contribution in [0.1, 0.15) is 25.7 Å². The smallest absolute Gasteiger partial charge is 0.263 e. The maximum absolute atomic E-state index is 12.3. The van der Waals surface area contributed by atoms with Crippen molar-refractivity contribution in [1.82, 2.24) is 10.2 Å². The van der Waals surface area contributed by atoms with Gasteiger partial charge < -0.3 is 5.32 Å². The van der Waals surface area contributed by atoms with Crippen LogP contribution in [-0.4, -0.2) is 24.7 Å². The van der Waals surface area contributed by atoms with E-state index in [0.717, 1.165) is 12.8 Å². The molecular formula is C15H17ClN4O2S. The lowest BCUT2D eigenvalue weighted by Gasteiger charge is -2.12. The summed E-state index contributed by atoms with van der Waals surface area (Å²) in [6.45, 7) is 0. The second-order valence-electron chi connectivity index (χ2n) is 5.49. The largest absolute Gasteiger partial charge is 0.366 e. The average molecular weight is 353 g/mol. The fraction of sp³-hybridized carbons (Fsp3) is 0.333. The van der Waals surface area contributed by atoms with Gasteiger partial charge in [0.25, 0.3) is 10.0 Å². The lowest BCUT2D eigenvalue weighted by Crippen LogP contribution is -2.17. The second-order valence-corrected chi connectivity index (χ2v) is 7.61. The van der Waals surface area contributed by atoms with Crippen molar-refractivity contribution in [3.05, 3.63) is 41.4 Å². The Morgan fingerprint density at radius 1 is 1.04 bits per heavy atom. The Kier molecular flexibility index (Phi) is 4.68. The maximum atomic E-state index is 12.3. The highest BCUT2D eigenvalue weighted by Crippen LogP contribution is 2.22. The molecule has 0 radical (unpaired) electrons. The molecule has 122 valence electrons. The number of rotatable bonds is 5. The first kappa shape index (κ1) is 16.0. The average Bonchev–Trinajstić information content (AvgIpc) is 3.02. The van der Waals surface area contributed by atoms with E-state index >= 15 is 0 Å². The molecule has 0 amide bonds. The van der Waals surface area contributed by atoms with Crippen LogP contribution in [0.3, 0.4) is 0 Å². The molecule has 1 fully saturated rings. The zero-order valence-corrected chi connectivity index (χ0v) is 13.9. The van der Waals surface area contributed by atoms with Gasteiger partial charge in [-0.1, -0.05) is 30.5 Å². The van der Waals surface area contributed by atoms with Crippen molar-refractivity contribution in [1.29, 1.82) is 0 Å². The summed E-state index contributed by atoms with van der Waals surface area (Å²) in [6.07, 6.45) is 4.71. The van der Waals surface area contributed by atoms with Crippen LogP contribution in [-0.2, 0) is 10.0 Å². The fourth-order valence-electron chi connectivity index (χ4n) is 2.57. The molecule has 0 unspecified atom stereocenters. The number of benzene rings is 1. The lowest BCUT2D eigenvalue weighted by atomic mass is 10.2. The summed E-state index contributed by atoms with van der Waals surface area (Å²) >= 11 is 5.83. The van der Waals surface area contributed by atoms with Gasteiger partial charge in [-0.15, -0.1) is 10.2 Å². The summed E-state index contributed by atoms with van der Waals surface area (Å²) in [6, 6.07) is 9.79. The summed E-state index contributed by atoms with van der Waals surface area (Å²) in [7, 11) is -3.73. The monoisotopic (exact) mass is 352 g/mol. The van der Waals surface area contributed by atoms with Gasteiger partial charge in [0.15, 0.2) is 5.82 Å². The number of halogens is 1. The van der Waals surface area contributed by atoms with Crippen molar-refractivity contribution >= 4 is 33.3 Å². The van der Waals surface area contributed by atoms with Crippen LogP contribution in [0.5, 0.6) is 0 Å². The molecular weight excluding hydrogens is 336 g/mol. The predicted octanol–water partition coefficient (Wildman–Crippen LogP) is 3.29. The summed E-state index contributed by atoms with van der Waals surface area (Å²) in [5, 5.41) is 11.6. The number of nitrogens with one attached hydrogen (secondary N) is 2. The molecule has 6 nitrogen and oxygen atoms in total. The van der Waals surface area contributed by atoms with E-state index < -0.39 is 10.0 Å². The molecule has 8 heteroatoms. The van der Waals surface area contributed by atoms with E-state index in [1.54, 1.807) is 24.3 Å². The standard InChI is InChI=1S/C15H17ClN4O2S/c16-11-4-3-7-13(10-11)23(21,22)20-15-9-8-14(18-19-15)17-12-5-1-2-6-12/h3-4,7-10,12H,1-2,5-6H2,(H,17,18)(H,19,20). The molecule has 0 aliphatic heterocycles. The van der Waals surface area contributed by atoms with Gasteiger partial charge in [0.2, 0.25) is 0 Å². The van der Waals surface area contributed by atoms with Crippen LogP contribution in [0.2, 0.25) is 5.02 Å². The molecule has 1 heterocycles. The molecule has 1 aliphatic rings. The van der Waals surface area contributed by atoms with Gasteiger partial charge in [0, 0.05) is 11.1 Å². The van der Waals surface area contributed by atoms with Gasteiger partial charge >= 0.3 is 0 Å². The number of nitrogens with zero attached hydrogens (tertiary/aromatic N) is 2. The Bertz CT molecular complexity index is 774. The molecule has 0 spiro atoms. The van der Waals surface area contributed by atoms with Crippen LogP contribution in [0.15, 0.2) is 41.3 Å². The van der Waals surface area contributed by atoms with Gasteiger partial charge in [0.1, 0.15) is 5.82 Å². The van der Waals surface area contributed by atoms with Crippen LogP contribution < -0.4 is 10.0 Å². The Labute approximate surface area is 140 Å². The Balaban J connectivity index is 1.70. The van der Waals surface area contributed by atoms with E-state index in [1.165, 1.54) is 25.0 Å². The van der Waals surface area contributed by atoms with Crippen molar-refractivity contribution in [2.45, 2.75) is 36.6 Å². The highest BCUT2D eigenvalue weighted by atomic mass is 35.5. The summed E-state index contributed by atoms with van der Waals surface area (Å²) in [4.78, 5) is 0.0833. The quantitative estimate of drug-likeness (QED) is 0.862. The third kappa shape index (κ3) is 4.11. The second kappa shape index (κ2) is 6.72. The van der Waals surface area contributed by atoms with Gasteiger partial charge in [-0.05, 0) is 43.2 Å². The summed E-state index contributed by atoms with van der Waals surface area (Å²) in [5.74, 6) is 0.824. The number of aromatic nitrogens is 2. The minimum atomic E-state index is -3.73. The van der Waals surface area contributed by atoms with Crippen LogP contribution >= 0.6 is 11.6 Å². The normalized spacial score (nSPS) is 15.5. The Morgan fingerprint density at radius 2 is 1.74 bits per heavy atom. The zero-order valence-electron chi connectivity index (χ0n) is 12.4. The SMILES string of the molecule is O=S(=O)(Nc1ccc(NC2CCCC2)nn1)c1cccc(Cl)c1. The molecule has 2 aromatic rings. The predicted molar refractivity (Wildman–Crippen MR) is 90.2 cm³/mol. The van der Waals surface area contributed by atoms with Gasteiger partial charge in [0.05, 0.1) is 4.90 Å². The van der Waals surface area contributed by atoms with Crippen LogP contribution in [0, 0.1) is 0 Å².